The molecule has 0 N–H and O–H groups in total. The molecule has 0 heterocycles. The van der Waals surface area contributed by atoms with Gasteiger partial charge in [0.15, 0.2) is 0 Å². The highest BCUT2D eigenvalue weighted by atomic mass is 14.1. The van der Waals surface area contributed by atoms with Crippen LogP contribution in [0.5, 0.6) is 0 Å². The van der Waals surface area contributed by atoms with Crippen molar-refractivity contribution in [3.8, 4) is 0 Å². The van der Waals surface area contributed by atoms with Crippen LogP contribution < -0.4 is 0 Å². The van der Waals surface area contributed by atoms with E-state index in [2.05, 4.69) is 44.7 Å². The third kappa shape index (κ3) is 5.96. The Kier molecular flexibility index (Phi) is 7.78. The van der Waals surface area contributed by atoms with Gasteiger partial charge in [0.2, 0.25) is 0 Å². The second-order valence-corrected chi connectivity index (χ2v) is 3.00. The Morgan fingerprint density at radius 1 is 1.00 bits per heavy atom. The normalized spacial score (nSPS) is 14.2. The second kappa shape index (κ2) is 8.32. The Labute approximate surface area is 76.7 Å². The smallest absolute Gasteiger partial charge is 0.0310 e. The Morgan fingerprint density at radius 3 is 1.83 bits per heavy atom. The van der Waals surface area contributed by atoms with Crippen LogP contribution in [0, 0.1) is 5.92 Å². The summed E-state index contributed by atoms with van der Waals surface area (Å²) >= 11 is 0. The average molecular weight is 164 g/mol. The van der Waals surface area contributed by atoms with Crippen LogP contribution in [0.2, 0.25) is 0 Å². The molecule has 68 valence electrons. The van der Waals surface area contributed by atoms with E-state index in [1.54, 1.807) is 0 Å². The molecular formula is C12H20. The van der Waals surface area contributed by atoms with Crippen LogP contribution in [-0.2, 0) is 0 Å². The van der Waals surface area contributed by atoms with Gasteiger partial charge in [-0.05, 0) is 39.0 Å². The molecule has 0 aliphatic rings. The van der Waals surface area contributed by atoms with Gasteiger partial charge in [0, 0.05) is 0 Å². The molecule has 12 heavy (non-hydrogen) atoms. The molecule has 0 spiro atoms. The minimum absolute atomic E-state index is 0.745. The summed E-state index contributed by atoms with van der Waals surface area (Å²) in [5, 5.41) is 0. The van der Waals surface area contributed by atoms with Crippen molar-refractivity contribution in [1.29, 1.82) is 0 Å². The maximum atomic E-state index is 3.77. The van der Waals surface area contributed by atoms with Gasteiger partial charge in [-0.3, -0.25) is 0 Å². The van der Waals surface area contributed by atoms with E-state index in [9.17, 15) is 0 Å². The molecule has 0 aromatic rings. The first-order valence-corrected chi connectivity index (χ1v) is 4.68. The lowest BCUT2D eigenvalue weighted by atomic mass is 9.97. The number of hydrogen-bond acceptors (Lipinski definition) is 0. The molecule has 0 aromatic carbocycles. The van der Waals surface area contributed by atoms with Gasteiger partial charge in [0.05, 0.1) is 0 Å². The van der Waals surface area contributed by atoms with Gasteiger partial charge in [-0.15, -0.1) is 6.58 Å². The van der Waals surface area contributed by atoms with Crippen molar-refractivity contribution in [2.45, 2.75) is 33.1 Å². The van der Waals surface area contributed by atoms with Crippen LogP contribution in [-0.4, -0.2) is 0 Å². The minimum atomic E-state index is 0.745. The molecule has 0 radical (unpaired) electrons. The molecule has 0 amide bonds. The maximum Gasteiger partial charge on any atom is -0.0310 e. The first-order chi connectivity index (χ1) is 5.85. The molecule has 0 aromatic heterocycles. The van der Waals surface area contributed by atoms with E-state index in [1.165, 1.54) is 12.8 Å². The Hall–Kier alpha value is -0.780. The van der Waals surface area contributed by atoms with Crippen LogP contribution in [0.3, 0.4) is 0 Å². The van der Waals surface area contributed by atoms with Gasteiger partial charge >= 0.3 is 0 Å². The number of allylic oxidation sites excluding steroid dienone is 5. The van der Waals surface area contributed by atoms with E-state index < -0.39 is 0 Å². The van der Waals surface area contributed by atoms with Crippen molar-refractivity contribution in [3.63, 3.8) is 0 Å². The lowest BCUT2D eigenvalue weighted by molar-refractivity contribution is 0.550. The summed E-state index contributed by atoms with van der Waals surface area (Å²) in [4.78, 5) is 0. The zero-order valence-electron chi connectivity index (χ0n) is 8.29. The maximum absolute atomic E-state index is 3.77. The van der Waals surface area contributed by atoms with Gasteiger partial charge < -0.3 is 0 Å². The molecule has 0 bridgehead atoms. The van der Waals surface area contributed by atoms with Crippen LogP contribution in [0.15, 0.2) is 37.0 Å². The Bertz CT molecular complexity index is 137. The highest BCUT2D eigenvalue weighted by Gasteiger charge is 2.01. The van der Waals surface area contributed by atoms with Crippen molar-refractivity contribution in [2.75, 3.05) is 0 Å². The number of rotatable bonds is 6. The number of hydrogen-bond donors (Lipinski definition) is 0. The van der Waals surface area contributed by atoms with E-state index in [0.29, 0.717) is 0 Å². The molecule has 0 unspecified atom stereocenters. The quantitative estimate of drug-likeness (QED) is 0.518. The molecule has 0 heteroatoms. The lowest BCUT2D eigenvalue weighted by Crippen LogP contribution is -1.95. The topological polar surface area (TPSA) is 0 Å². The summed E-state index contributed by atoms with van der Waals surface area (Å²) in [6.45, 7) is 7.91. The fourth-order valence-electron chi connectivity index (χ4n) is 1.18. The monoisotopic (exact) mass is 164 g/mol. The first kappa shape index (κ1) is 11.2. The van der Waals surface area contributed by atoms with E-state index in [4.69, 9.17) is 0 Å². The minimum Gasteiger partial charge on any atom is -0.103 e. The molecule has 0 aliphatic heterocycles. The highest BCUT2D eigenvalue weighted by molar-refractivity contribution is 4.88. The van der Waals surface area contributed by atoms with Crippen molar-refractivity contribution in [2.24, 2.45) is 5.92 Å². The lowest BCUT2D eigenvalue weighted by Gasteiger charge is -2.08. The molecule has 0 atom stereocenters. The molecular weight excluding hydrogens is 144 g/mol. The zero-order valence-corrected chi connectivity index (χ0v) is 8.29. The fourth-order valence-corrected chi connectivity index (χ4v) is 1.18. The summed E-state index contributed by atoms with van der Waals surface area (Å²) in [5.41, 5.74) is 0. The summed E-state index contributed by atoms with van der Waals surface area (Å²) in [5.74, 6) is 0.745. The third-order valence-corrected chi connectivity index (χ3v) is 1.91. The summed E-state index contributed by atoms with van der Waals surface area (Å²) < 4.78 is 0. The average Bonchev–Trinajstić information content (AvgIpc) is 2.10. The van der Waals surface area contributed by atoms with Crippen molar-refractivity contribution in [1.82, 2.24) is 0 Å². The van der Waals surface area contributed by atoms with Gasteiger partial charge in [0.1, 0.15) is 0 Å². The Morgan fingerprint density at radius 2 is 1.50 bits per heavy atom. The molecule has 0 rings (SSSR count). The van der Waals surface area contributed by atoms with Crippen LogP contribution in [0.1, 0.15) is 33.1 Å². The van der Waals surface area contributed by atoms with E-state index in [-0.39, 0.29) is 0 Å². The summed E-state index contributed by atoms with van der Waals surface area (Å²) in [6, 6.07) is 0. The van der Waals surface area contributed by atoms with Crippen molar-refractivity contribution in [3.05, 3.63) is 37.0 Å². The van der Waals surface area contributed by atoms with Gasteiger partial charge in [-0.1, -0.05) is 30.4 Å². The van der Waals surface area contributed by atoms with E-state index >= 15 is 0 Å². The molecule has 0 saturated heterocycles. The van der Waals surface area contributed by atoms with Gasteiger partial charge in [-0.25, -0.2) is 0 Å². The molecule has 0 aliphatic carbocycles. The Balaban J connectivity index is 3.76. The van der Waals surface area contributed by atoms with Crippen LogP contribution >= 0.6 is 0 Å². The highest BCUT2D eigenvalue weighted by Crippen LogP contribution is 2.15. The predicted molar refractivity (Wildman–Crippen MR) is 57.2 cm³/mol. The van der Waals surface area contributed by atoms with E-state index in [0.717, 1.165) is 12.3 Å². The second-order valence-electron chi connectivity index (χ2n) is 3.00. The largest absolute Gasteiger partial charge is 0.103 e. The molecule has 0 saturated carbocycles. The van der Waals surface area contributed by atoms with Crippen molar-refractivity contribution >= 4 is 0 Å². The standard InChI is InChI=1S/C12H20/c1-4-7-10-12(9-6-3)11-8-5-2/h4-8,12H,3,9-11H2,1-2H3. The summed E-state index contributed by atoms with van der Waals surface area (Å²) in [7, 11) is 0. The summed E-state index contributed by atoms with van der Waals surface area (Å²) in [6.07, 6.45) is 14.2. The first-order valence-electron chi connectivity index (χ1n) is 4.68. The third-order valence-electron chi connectivity index (χ3n) is 1.91. The molecule has 0 fully saturated rings. The SMILES string of the molecule is C=CCC(CC=CC)CC=CC. The van der Waals surface area contributed by atoms with Crippen LogP contribution in [0.25, 0.3) is 0 Å². The van der Waals surface area contributed by atoms with Crippen molar-refractivity contribution < 1.29 is 0 Å². The van der Waals surface area contributed by atoms with Gasteiger partial charge in [-0.2, -0.15) is 0 Å². The fraction of sp³-hybridized carbons (Fsp3) is 0.500. The predicted octanol–water partition coefficient (Wildman–Crippen LogP) is 4.11. The van der Waals surface area contributed by atoms with E-state index in [1.807, 2.05) is 6.08 Å². The zero-order chi connectivity index (χ0) is 9.23. The van der Waals surface area contributed by atoms with Crippen LogP contribution in [0.4, 0.5) is 0 Å². The van der Waals surface area contributed by atoms with Gasteiger partial charge in [0.25, 0.3) is 0 Å². The molecule has 0 nitrogen and oxygen atoms in total.